The lowest BCUT2D eigenvalue weighted by molar-refractivity contribution is -0.128. The van der Waals surface area contributed by atoms with E-state index in [4.69, 9.17) is 14.2 Å². The van der Waals surface area contributed by atoms with E-state index < -0.39 is 30.0 Å². The molecule has 5 aromatic carbocycles. The lowest BCUT2D eigenvalue weighted by Gasteiger charge is -2.32. The maximum Gasteiger partial charge on any atom is 0.407 e. The van der Waals surface area contributed by atoms with Gasteiger partial charge in [0.05, 0.1) is 31.1 Å². The molecule has 3 atom stereocenters. The number of methoxy groups -OCH3 is 1. The number of carbonyl (C=O) groups excluding carboxylic acids is 7. The van der Waals surface area contributed by atoms with Crippen molar-refractivity contribution in [2.24, 2.45) is 25.0 Å². The zero-order valence-electron chi connectivity index (χ0n) is 48.2. The number of ether oxygens (including phenoxy) is 3. The van der Waals surface area contributed by atoms with Gasteiger partial charge in [-0.15, -0.1) is 0 Å². The Balaban J connectivity index is 0.653. The van der Waals surface area contributed by atoms with Crippen molar-refractivity contribution >= 4 is 76.2 Å². The van der Waals surface area contributed by atoms with E-state index in [2.05, 4.69) is 49.0 Å². The third kappa shape index (κ3) is 13.3. The number of amides is 7. The molecule has 1 aliphatic carbocycles. The van der Waals surface area contributed by atoms with Crippen LogP contribution >= 0.6 is 0 Å². The fourth-order valence-electron chi connectivity index (χ4n) is 11.0. The number of carbonyl (C=O) groups is 7. The molecular weight excluding hydrogens is 1080 g/mol. The van der Waals surface area contributed by atoms with Crippen LogP contribution in [0.2, 0.25) is 0 Å². The number of aryl methyl sites for hydroxylation is 2. The monoisotopic (exact) mass is 1150 g/mol. The number of hydrogen-bond donors (Lipinski definition) is 6. The van der Waals surface area contributed by atoms with Crippen LogP contribution in [-0.2, 0) is 33.2 Å². The number of anilines is 4. The first-order valence-electron chi connectivity index (χ1n) is 28.4. The molecule has 2 aliphatic heterocycles. The van der Waals surface area contributed by atoms with Crippen molar-refractivity contribution in [2.45, 2.75) is 76.9 Å². The normalized spacial score (nSPS) is 14.8. The van der Waals surface area contributed by atoms with Gasteiger partial charge >= 0.3 is 6.09 Å². The van der Waals surface area contributed by atoms with Crippen molar-refractivity contribution in [1.82, 2.24) is 24.7 Å². The second kappa shape index (κ2) is 25.7. The van der Waals surface area contributed by atoms with Crippen molar-refractivity contribution in [1.29, 1.82) is 0 Å². The van der Waals surface area contributed by atoms with Gasteiger partial charge in [0.15, 0.2) is 0 Å². The molecule has 6 N–H and O–H groups in total. The van der Waals surface area contributed by atoms with Gasteiger partial charge in [0.25, 0.3) is 17.7 Å². The molecule has 0 radical (unpaired) electrons. The molecule has 7 aromatic rings. The molecule has 0 unspecified atom stereocenters. The van der Waals surface area contributed by atoms with Crippen LogP contribution in [0.4, 0.5) is 33.2 Å². The van der Waals surface area contributed by atoms with Gasteiger partial charge in [-0.25, -0.2) is 4.79 Å². The molecule has 10 rings (SSSR count). The number of alkyl carbamates (subject to hydrolysis) is 1. The molecule has 0 spiro atoms. The second-order valence-corrected chi connectivity index (χ2v) is 21.8. The Morgan fingerprint density at radius 3 is 1.95 bits per heavy atom. The maximum absolute atomic E-state index is 13.5. The molecule has 7 amide bonds. The molecule has 1 saturated heterocycles. The van der Waals surface area contributed by atoms with Gasteiger partial charge in [-0.2, -0.15) is 0 Å². The highest BCUT2D eigenvalue weighted by atomic mass is 16.5. The van der Waals surface area contributed by atoms with Gasteiger partial charge in [-0.1, -0.05) is 74.5 Å². The summed E-state index contributed by atoms with van der Waals surface area (Å²) in [6, 6.07) is 34.6. The third-order valence-corrected chi connectivity index (χ3v) is 15.5. The number of fused-ring (bicyclic) bond motifs is 5. The number of nitrogens with zero attached hydrogens (tertiary/aromatic N) is 4. The molecule has 2 aromatic heterocycles. The first-order chi connectivity index (χ1) is 41.0. The zero-order chi connectivity index (χ0) is 59.9. The van der Waals surface area contributed by atoms with Gasteiger partial charge < -0.3 is 60.1 Å². The second-order valence-electron chi connectivity index (χ2n) is 21.8. The van der Waals surface area contributed by atoms with Crippen LogP contribution < -0.4 is 41.4 Å². The number of nitrogens with one attached hydrogen (secondary N) is 6. The van der Waals surface area contributed by atoms with E-state index in [-0.39, 0.29) is 61.1 Å². The highest BCUT2D eigenvalue weighted by Gasteiger charge is 2.34. The Kier molecular flexibility index (Phi) is 17.6. The average Bonchev–Trinajstić information content (AvgIpc) is 3.21. The third-order valence-electron chi connectivity index (χ3n) is 15.5. The topological polar surface area (TPSA) is 245 Å². The first-order valence-corrected chi connectivity index (χ1v) is 28.4. The number of hydrogen-bond acceptors (Lipinski definition) is 11. The lowest BCUT2D eigenvalue weighted by Crippen LogP contribution is -2.53. The molecule has 0 saturated carbocycles. The van der Waals surface area contributed by atoms with Gasteiger partial charge in [0.2, 0.25) is 17.7 Å². The van der Waals surface area contributed by atoms with Gasteiger partial charge in [-0.3, -0.25) is 33.8 Å². The van der Waals surface area contributed by atoms with Gasteiger partial charge in [-0.05, 0) is 115 Å². The van der Waals surface area contributed by atoms with Crippen molar-refractivity contribution in [3.63, 3.8) is 0 Å². The van der Waals surface area contributed by atoms with Crippen molar-refractivity contribution < 1.29 is 47.8 Å². The summed E-state index contributed by atoms with van der Waals surface area (Å²) in [5, 5.41) is 16.9. The number of aromatic nitrogens is 2. The van der Waals surface area contributed by atoms with Crippen molar-refractivity contribution in [3.8, 4) is 33.8 Å². The smallest absolute Gasteiger partial charge is 0.407 e. The van der Waals surface area contributed by atoms with Crippen molar-refractivity contribution in [2.75, 3.05) is 48.1 Å². The molecule has 4 heterocycles. The molecule has 1 fully saturated rings. The number of aliphatic imine (C=N–C) groups is 1. The summed E-state index contributed by atoms with van der Waals surface area (Å²) >= 11 is 0. The van der Waals surface area contributed by atoms with Crippen molar-refractivity contribution in [3.05, 3.63) is 162 Å². The standard InChI is InChI=1S/C65H68N10O10/c1-38(2)59(72-65(82)85-37-52-50-17-9-7-15-48(50)49-16-8-10-18-51(49)52)63(80)67-39(3)60(77)69-43-24-26-44(27-25-43)71-61(78)54-30-41(35-73(54)4)40-20-22-42(23-21-40)70-62(79)55-31-45(36-74(55)5)68-57(76)19-13-29-84-47-32-53-58(56(33-47)83-6)64(81)75-28-12-11-14-46(75)34-66-53/h7-10,15-18,20-27,30-36,38-39,46,52,59H,11-14,19,28-29,37H2,1-6H3,(H,67,80)(H,68,76)(H,69,77)(H,70,79)(H,71,78)(H,72,82)/t39-,46-,59-/m0/s1. The van der Waals surface area contributed by atoms with Crippen LogP contribution in [0.3, 0.4) is 0 Å². The number of benzene rings is 5. The van der Waals surface area contributed by atoms with E-state index >= 15 is 0 Å². The predicted octanol–water partition coefficient (Wildman–Crippen LogP) is 10.1. The Morgan fingerprint density at radius 1 is 0.671 bits per heavy atom. The summed E-state index contributed by atoms with van der Waals surface area (Å²) < 4.78 is 20.6. The molecule has 85 heavy (non-hydrogen) atoms. The fourth-order valence-corrected chi connectivity index (χ4v) is 11.0. The minimum atomic E-state index is -0.971. The first kappa shape index (κ1) is 58.2. The minimum absolute atomic E-state index is 0.0436. The predicted molar refractivity (Wildman–Crippen MR) is 325 cm³/mol. The van der Waals surface area contributed by atoms with Crippen LogP contribution in [0.1, 0.15) is 101 Å². The average molecular weight is 1150 g/mol. The van der Waals surface area contributed by atoms with Crippen LogP contribution in [0.15, 0.2) is 139 Å². The van der Waals surface area contributed by atoms with Crippen LogP contribution in [0, 0.1) is 5.92 Å². The Labute approximate surface area is 492 Å². The maximum atomic E-state index is 13.5. The number of rotatable bonds is 20. The molecule has 438 valence electrons. The largest absolute Gasteiger partial charge is 0.496 e. The quantitative estimate of drug-likeness (QED) is 0.0394. The van der Waals surface area contributed by atoms with E-state index in [0.717, 1.165) is 52.6 Å². The van der Waals surface area contributed by atoms with E-state index in [9.17, 15) is 33.6 Å². The van der Waals surface area contributed by atoms with Crippen LogP contribution in [0.5, 0.6) is 11.5 Å². The van der Waals surface area contributed by atoms with E-state index in [0.29, 0.717) is 69.9 Å². The minimum Gasteiger partial charge on any atom is -0.496 e. The molecule has 20 heteroatoms. The summed E-state index contributed by atoms with van der Waals surface area (Å²) in [5.74, 6) is -1.71. The summed E-state index contributed by atoms with van der Waals surface area (Å²) in [7, 11) is 4.99. The Bertz CT molecular complexity index is 3670. The number of piperidine rings is 1. The molecule has 3 aliphatic rings. The molecular formula is C65H68N10O10. The summed E-state index contributed by atoms with van der Waals surface area (Å²) in [4.78, 5) is 99.6. The van der Waals surface area contributed by atoms with Crippen LogP contribution in [-0.4, -0.2) is 107 Å². The summed E-state index contributed by atoms with van der Waals surface area (Å²) in [6.07, 6.45) is 8.00. The molecule has 0 bridgehead atoms. The molecule has 20 nitrogen and oxygen atoms in total. The fraction of sp³-hybridized carbons (Fsp3) is 0.292. The van der Waals surface area contributed by atoms with Gasteiger partial charge in [0.1, 0.15) is 47.1 Å². The Hall–Kier alpha value is -9.98. The highest BCUT2D eigenvalue weighted by Crippen LogP contribution is 2.45. The lowest BCUT2D eigenvalue weighted by atomic mass is 9.98. The van der Waals surface area contributed by atoms with Gasteiger partial charge in [0, 0.05) is 86.3 Å². The summed E-state index contributed by atoms with van der Waals surface area (Å²) in [6.45, 7) is 6.12. The zero-order valence-corrected chi connectivity index (χ0v) is 48.2. The Morgan fingerprint density at radius 2 is 1.29 bits per heavy atom. The van der Waals surface area contributed by atoms with Crippen LogP contribution in [0.25, 0.3) is 22.3 Å². The highest BCUT2D eigenvalue weighted by molar-refractivity contribution is 6.07. The SMILES string of the molecule is COc1cc(OCCCC(=O)Nc2cc(C(=O)Nc3ccc(-c4cc(C(=O)Nc5ccc(NC(=O)[C@H](C)NC(=O)[C@@H](NC(=O)OCC6c7ccccc7-c7ccccc76)C(C)C)cc5)n(C)c4)cc3)n(C)c2)cc2c1C(=O)N1CCCC[C@H]1C=N2. The van der Waals surface area contributed by atoms with E-state index in [1.165, 1.54) is 7.11 Å². The summed E-state index contributed by atoms with van der Waals surface area (Å²) in [5.41, 5.74) is 9.45. The van der Waals surface area contributed by atoms with E-state index in [1.54, 1.807) is 111 Å². The van der Waals surface area contributed by atoms with E-state index in [1.807, 2.05) is 65.8 Å².